The highest BCUT2D eigenvalue weighted by molar-refractivity contribution is 5.26. The number of hydrazine groups is 1. The molecule has 0 spiro atoms. The molecule has 0 aromatic heterocycles. The van der Waals surface area contributed by atoms with Crippen LogP contribution in [0.1, 0.15) is 30.5 Å². The van der Waals surface area contributed by atoms with Gasteiger partial charge >= 0.3 is 0 Å². The van der Waals surface area contributed by atoms with E-state index in [1.165, 1.54) is 12.1 Å². The van der Waals surface area contributed by atoms with Crippen LogP contribution in [0.5, 0.6) is 0 Å². The van der Waals surface area contributed by atoms with Gasteiger partial charge in [-0.1, -0.05) is 13.0 Å². The number of aryl methyl sites for hydroxylation is 1. The van der Waals surface area contributed by atoms with Crippen LogP contribution in [0.3, 0.4) is 0 Å². The predicted molar refractivity (Wildman–Crippen MR) is 51.5 cm³/mol. The average molecular weight is 182 g/mol. The van der Waals surface area contributed by atoms with Crippen LogP contribution >= 0.6 is 0 Å². The summed E-state index contributed by atoms with van der Waals surface area (Å²) in [6.45, 7) is 3.88. The Balaban J connectivity index is 2.99. The standard InChI is InChI=1S/C10H15FN2/c1-3-10(13-12)8-4-7(2)5-9(11)6-8/h4-6,10,13H,3,12H2,1-2H3. The van der Waals surface area contributed by atoms with Crippen molar-refractivity contribution in [2.24, 2.45) is 5.84 Å². The monoisotopic (exact) mass is 182 g/mol. The van der Waals surface area contributed by atoms with E-state index in [0.717, 1.165) is 17.5 Å². The molecule has 0 saturated carbocycles. The van der Waals surface area contributed by atoms with E-state index in [0.29, 0.717) is 0 Å². The second-order valence-corrected chi connectivity index (χ2v) is 3.19. The molecule has 0 bridgehead atoms. The van der Waals surface area contributed by atoms with Crippen LogP contribution in [0.15, 0.2) is 18.2 Å². The zero-order valence-electron chi connectivity index (χ0n) is 7.97. The van der Waals surface area contributed by atoms with Gasteiger partial charge < -0.3 is 0 Å². The zero-order valence-corrected chi connectivity index (χ0v) is 7.97. The third kappa shape index (κ3) is 2.50. The molecular weight excluding hydrogens is 167 g/mol. The Morgan fingerprint density at radius 2 is 2.15 bits per heavy atom. The van der Waals surface area contributed by atoms with Gasteiger partial charge in [0.05, 0.1) is 0 Å². The smallest absolute Gasteiger partial charge is 0.123 e. The second kappa shape index (κ2) is 4.35. The summed E-state index contributed by atoms with van der Waals surface area (Å²) in [4.78, 5) is 0. The fourth-order valence-corrected chi connectivity index (χ4v) is 1.42. The summed E-state index contributed by atoms with van der Waals surface area (Å²) in [6.07, 6.45) is 0.847. The fraction of sp³-hybridized carbons (Fsp3) is 0.400. The molecule has 1 aromatic rings. The summed E-state index contributed by atoms with van der Waals surface area (Å²) in [5, 5.41) is 0. The maximum absolute atomic E-state index is 13.0. The van der Waals surface area contributed by atoms with E-state index in [1.54, 1.807) is 0 Å². The molecule has 0 amide bonds. The Hall–Kier alpha value is -0.930. The molecule has 3 heteroatoms. The van der Waals surface area contributed by atoms with Gasteiger partial charge in [0.2, 0.25) is 0 Å². The van der Waals surface area contributed by atoms with E-state index < -0.39 is 0 Å². The lowest BCUT2D eigenvalue weighted by atomic mass is 10.0. The highest BCUT2D eigenvalue weighted by Gasteiger charge is 2.07. The first kappa shape index (κ1) is 10.2. The van der Waals surface area contributed by atoms with Crippen molar-refractivity contribution in [1.82, 2.24) is 5.43 Å². The molecule has 13 heavy (non-hydrogen) atoms. The maximum Gasteiger partial charge on any atom is 0.123 e. The molecule has 3 N–H and O–H groups in total. The summed E-state index contributed by atoms with van der Waals surface area (Å²) in [6, 6.07) is 5.00. The van der Waals surface area contributed by atoms with Crippen LogP contribution in [0, 0.1) is 12.7 Å². The van der Waals surface area contributed by atoms with E-state index >= 15 is 0 Å². The van der Waals surface area contributed by atoms with E-state index in [2.05, 4.69) is 5.43 Å². The normalized spacial score (nSPS) is 12.9. The van der Waals surface area contributed by atoms with Crippen molar-refractivity contribution in [2.75, 3.05) is 0 Å². The number of nitrogens with one attached hydrogen (secondary N) is 1. The molecule has 0 radical (unpaired) electrons. The first-order valence-corrected chi connectivity index (χ1v) is 4.40. The topological polar surface area (TPSA) is 38.0 Å². The van der Waals surface area contributed by atoms with Gasteiger partial charge in [0.25, 0.3) is 0 Å². The summed E-state index contributed by atoms with van der Waals surface area (Å²) in [5.74, 6) is 5.14. The summed E-state index contributed by atoms with van der Waals surface area (Å²) in [7, 11) is 0. The number of nitrogens with two attached hydrogens (primary N) is 1. The Morgan fingerprint density at radius 1 is 1.46 bits per heavy atom. The lowest BCUT2D eigenvalue weighted by Crippen LogP contribution is -2.27. The number of hydrogen-bond donors (Lipinski definition) is 2. The maximum atomic E-state index is 13.0. The molecule has 0 saturated heterocycles. The molecule has 0 fully saturated rings. The minimum atomic E-state index is -0.205. The highest BCUT2D eigenvalue weighted by atomic mass is 19.1. The minimum absolute atomic E-state index is 0.0365. The van der Waals surface area contributed by atoms with E-state index in [9.17, 15) is 4.39 Å². The van der Waals surface area contributed by atoms with Gasteiger partial charge in [0, 0.05) is 6.04 Å². The summed E-state index contributed by atoms with van der Waals surface area (Å²) in [5.41, 5.74) is 4.48. The Kier molecular flexibility index (Phi) is 3.39. The van der Waals surface area contributed by atoms with E-state index in [4.69, 9.17) is 5.84 Å². The molecule has 0 aliphatic carbocycles. The number of benzene rings is 1. The highest BCUT2D eigenvalue weighted by Crippen LogP contribution is 2.18. The first-order chi connectivity index (χ1) is 6.17. The molecule has 72 valence electrons. The van der Waals surface area contributed by atoms with Crippen molar-refractivity contribution in [2.45, 2.75) is 26.3 Å². The summed E-state index contributed by atoms with van der Waals surface area (Å²) < 4.78 is 13.0. The van der Waals surface area contributed by atoms with Crippen LogP contribution < -0.4 is 11.3 Å². The van der Waals surface area contributed by atoms with Gasteiger partial charge in [-0.05, 0) is 36.6 Å². The third-order valence-electron chi connectivity index (χ3n) is 2.08. The van der Waals surface area contributed by atoms with Gasteiger partial charge in [-0.25, -0.2) is 4.39 Å². The summed E-state index contributed by atoms with van der Waals surface area (Å²) >= 11 is 0. The molecule has 0 aliphatic heterocycles. The van der Waals surface area contributed by atoms with Gasteiger partial charge in [0.15, 0.2) is 0 Å². The van der Waals surface area contributed by atoms with Crippen molar-refractivity contribution >= 4 is 0 Å². The van der Waals surface area contributed by atoms with Crippen LogP contribution in [0.25, 0.3) is 0 Å². The minimum Gasteiger partial charge on any atom is -0.271 e. The number of hydrogen-bond acceptors (Lipinski definition) is 2. The first-order valence-electron chi connectivity index (χ1n) is 4.40. The van der Waals surface area contributed by atoms with Crippen LogP contribution in [0.2, 0.25) is 0 Å². The lowest BCUT2D eigenvalue weighted by molar-refractivity contribution is 0.532. The van der Waals surface area contributed by atoms with Gasteiger partial charge in [0.1, 0.15) is 5.82 Å². The quantitative estimate of drug-likeness (QED) is 0.554. The van der Waals surface area contributed by atoms with Crippen molar-refractivity contribution in [1.29, 1.82) is 0 Å². The molecule has 1 rings (SSSR count). The Morgan fingerprint density at radius 3 is 2.62 bits per heavy atom. The predicted octanol–water partition coefficient (Wildman–Crippen LogP) is 2.05. The van der Waals surface area contributed by atoms with Crippen molar-refractivity contribution in [3.8, 4) is 0 Å². The SMILES string of the molecule is CCC(NN)c1cc(C)cc(F)c1. The average Bonchev–Trinajstić information content (AvgIpc) is 2.04. The van der Waals surface area contributed by atoms with E-state index in [1.807, 2.05) is 19.9 Å². The molecule has 0 heterocycles. The van der Waals surface area contributed by atoms with Gasteiger partial charge in [-0.3, -0.25) is 11.3 Å². The Labute approximate surface area is 77.9 Å². The van der Waals surface area contributed by atoms with Crippen LogP contribution in [-0.4, -0.2) is 0 Å². The fourth-order valence-electron chi connectivity index (χ4n) is 1.42. The Bertz CT molecular complexity index is 262. The molecule has 0 aliphatic rings. The second-order valence-electron chi connectivity index (χ2n) is 3.19. The number of rotatable bonds is 3. The molecule has 1 aromatic carbocycles. The van der Waals surface area contributed by atoms with Crippen molar-refractivity contribution in [3.63, 3.8) is 0 Å². The number of halogens is 1. The van der Waals surface area contributed by atoms with Gasteiger partial charge in [-0.15, -0.1) is 0 Å². The molecular formula is C10H15FN2. The zero-order chi connectivity index (χ0) is 9.84. The largest absolute Gasteiger partial charge is 0.271 e. The third-order valence-corrected chi connectivity index (χ3v) is 2.08. The lowest BCUT2D eigenvalue weighted by Gasteiger charge is -2.14. The van der Waals surface area contributed by atoms with Gasteiger partial charge in [-0.2, -0.15) is 0 Å². The van der Waals surface area contributed by atoms with Crippen molar-refractivity contribution in [3.05, 3.63) is 35.1 Å². The van der Waals surface area contributed by atoms with Crippen LogP contribution in [0.4, 0.5) is 4.39 Å². The molecule has 1 atom stereocenters. The van der Waals surface area contributed by atoms with Crippen molar-refractivity contribution < 1.29 is 4.39 Å². The molecule has 1 unspecified atom stereocenters. The van der Waals surface area contributed by atoms with E-state index in [-0.39, 0.29) is 11.9 Å². The molecule has 2 nitrogen and oxygen atoms in total. The van der Waals surface area contributed by atoms with Crippen LogP contribution in [-0.2, 0) is 0 Å².